The van der Waals surface area contributed by atoms with Gasteiger partial charge in [0, 0.05) is 10.9 Å². The van der Waals surface area contributed by atoms with E-state index in [1.807, 2.05) is 0 Å². The zero-order valence-electron chi connectivity index (χ0n) is 8.29. The van der Waals surface area contributed by atoms with E-state index in [0.717, 1.165) is 0 Å². The van der Waals surface area contributed by atoms with Crippen LogP contribution in [0.25, 0.3) is 0 Å². The standard InChI is InChI=1S/C10H15N3S/c1-7-4-8(6-14-7)5-12-10(11)13-9-2-3-9/h4,6,9H,2-3,5H2,1H3,(H3,11,12,13). The molecular formula is C10H15N3S. The monoisotopic (exact) mass is 209 g/mol. The van der Waals surface area contributed by atoms with E-state index < -0.39 is 0 Å². The number of nitrogens with zero attached hydrogens (tertiary/aromatic N) is 1. The predicted octanol–water partition coefficient (Wildman–Crippen LogP) is 1.62. The van der Waals surface area contributed by atoms with Crippen molar-refractivity contribution in [3.63, 3.8) is 0 Å². The molecule has 1 aromatic heterocycles. The summed E-state index contributed by atoms with van der Waals surface area (Å²) in [6.07, 6.45) is 2.46. The van der Waals surface area contributed by atoms with E-state index >= 15 is 0 Å². The second kappa shape index (κ2) is 4.00. The molecule has 0 saturated heterocycles. The van der Waals surface area contributed by atoms with Crippen LogP contribution in [-0.2, 0) is 6.54 Å². The molecule has 2 rings (SSSR count). The molecule has 76 valence electrons. The van der Waals surface area contributed by atoms with Crippen LogP contribution in [0.4, 0.5) is 0 Å². The summed E-state index contributed by atoms with van der Waals surface area (Å²) in [7, 11) is 0. The van der Waals surface area contributed by atoms with Gasteiger partial charge >= 0.3 is 0 Å². The lowest BCUT2D eigenvalue weighted by molar-refractivity contribution is 0.879. The van der Waals surface area contributed by atoms with Gasteiger partial charge in [-0.3, -0.25) is 0 Å². The molecule has 1 aromatic rings. The highest BCUT2D eigenvalue weighted by atomic mass is 32.1. The second-order valence-corrected chi connectivity index (χ2v) is 4.80. The molecule has 14 heavy (non-hydrogen) atoms. The molecule has 3 N–H and O–H groups in total. The number of hydrogen-bond donors (Lipinski definition) is 2. The Bertz CT molecular complexity index is 339. The molecule has 0 bridgehead atoms. The van der Waals surface area contributed by atoms with Gasteiger partial charge in [-0.15, -0.1) is 11.3 Å². The Kier molecular flexibility index (Phi) is 2.72. The molecular weight excluding hydrogens is 194 g/mol. The van der Waals surface area contributed by atoms with E-state index in [2.05, 4.69) is 28.7 Å². The fraction of sp³-hybridized carbons (Fsp3) is 0.500. The molecule has 1 heterocycles. The van der Waals surface area contributed by atoms with Crippen molar-refractivity contribution in [1.82, 2.24) is 5.32 Å². The van der Waals surface area contributed by atoms with E-state index in [0.29, 0.717) is 18.5 Å². The summed E-state index contributed by atoms with van der Waals surface area (Å²) in [6, 6.07) is 2.74. The minimum atomic E-state index is 0.580. The number of aryl methyl sites for hydroxylation is 1. The first-order valence-electron chi connectivity index (χ1n) is 4.84. The Morgan fingerprint density at radius 3 is 3.07 bits per heavy atom. The summed E-state index contributed by atoms with van der Waals surface area (Å²) < 4.78 is 0. The molecule has 0 amide bonds. The highest BCUT2D eigenvalue weighted by molar-refractivity contribution is 7.10. The van der Waals surface area contributed by atoms with Crippen molar-refractivity contribution in [2.24, 2.45) is 10.7 Å². The maximum atomic E-state index is 5.71. The maximum absolute atomic E-state index is 5.71. The van der Waals surface area contributed by atoms with Crippen LogP contribution in [0.2, 0.25) is 0 Å². The third-order valence-electron chi connectivity index (χ3n) is 2.15. The van der Waals surface area contributed by atoms with Crippen molar-refractivity contribution < 1.29 is 0 Å². The van der Waals surface area contributed by atoms with Crippen LogP contribution in [0.15, 0.2) is 16.4 Å². The molecule has 0 spiro atoms. The quantitative estimate of drug-likeness (QED) is 0.587. The van der Waals surface area contributed by atoms with Gasteiger partial charge in [0.05, 0.1) is 6.54 Å². The Balaban J connectivity index is 1.84. The van der Waals surface area contributed by atoms with Gasteiger partial charge in [0.2, 0.25) is 0 Å². The summed E-state index contributed by atoms with van der Waals surface area (Å²) in [5.74, 6) is 0.580. The molecule has 1 aliphatic rings. The van der Waals surface area contributed by atoms with Crippen molar-refractivity contribution in [3.05, 3.63) is 21.9 Å². The highest BCUT2D eigenvalue weighted by Crippen LogP contribution is 2.18. The van der Waals surface area contributed by atoms with Crippen molar-refractivity contribution in [2.45, 2.75) is 32.4 Å². The lowest BCUT2D eigenvalue weighted by Gasteiger charge is -2.01. The lowest BCUT2D eigenvalue weighted by atomic mass is 10.3. The van der Waals surface area contributed by atoms with Gasteiger partial charge in [0.1, 0.15) is 0 Å². The Morgan fingerprint density at radius 2 is 2.50 bits per heavy atom. The minimum Gasteiger partial charge on any atom is -0.370 e. The zero-order chi connectivity index (χ0) is 9.97. The van der Waals surface area contributed by atoms with Gasteiger partial charge < -0.3 is 11.1 Å². The van der Waals surface area contributed by atoms with Crippen LogP contribution in [0.3, 0.4) is 0 Å². The number of thiophene rings is 1. The number of hydrogen-bond acceptors (Lipinski definition) is 2. The summed E-state index contributed by atoms with van der Waals surface area (Å²) in [5, 5.41) is 5.29. The molecule has 1 aliphatic carbocycles. The van der Waals surface area contributed by atoms with E-state index in [1.54, 1.807) is 11.3 Å². The third-order valence-corrected chi connectivity index (χ3v) is 3.06. The fourth-order valence-corrected chi connectivity index (χ4v) is 1.94. The summed E-state index contributed by atoms with van der Waals surface area (Å²) in [6.45, 7) is 2.79. The first kappa shape index (κ1) is 9.52. The van der Waals surface area contributed by atoms with Crippen molar-refractivity contribution in [2.75, 3.05) is 0 Å². The van der Waals surface area contributed by atoms with Crippen LogP contribution >= 0.6 is 11.3 Å². The Morgan fingerprint density at radius 1 is 1.71 bits per heavy atom. The molecule has 3 nitrogen and oxygen atoms in total. The highest BCUT2D eigenvalue weighted by Gasteiger charge is 2.21. The normalized spacial score (nSPS) is 17.1. The molecule has 1 fully saturated rings. The van der Waals surface area contributed by atoms with Gasteiger partial charge in [0.25, 0.3) is 0 Å². The van der Waals surface area contributed by atoms with Gasteiger partial charge in [-0.2, -0.15) is 0 Å². The SMILES string of the molecule is Cc1cc(CN=C(N)NC2CC2)cs1. The Labute approximate surface area is 88.0 Å². The van der Waals surface area contributed by atoms with E-state index in [9.17, 15) is 0 Å². The molecule has 0 radical (unpaired) electrons. The van der Waals surface area contributed by atoms with Gasteiger partial charge in [-0.1, -0.05) is 0 Å². The van der Waals surface area contributed by atoms with Crippen molar-refractivity contribution in [1.29, 1.82) is 0 Å². The second-order valence-electron chi connectivity index (χ2n) is 3.69. The first-order valence-corrected chi connectivity index (χ1v) is 5.72. The minimum absolute atomic E-state index is 0.580. The average Bonchev–Trinajstić information content (AvgIpc) is 2.85. The zero-order valence-corrected chi connectivity index (χ0v) is 9.10. The van der Waals surface area contributed by atoms with Gasteiger partial charge in [-0.25, -0.2) is 4.99 Å². The van der Waals surface area contributed by atoms with Gasteiger partial charge in [-0.05, 0) is 36.8 Å². The topological polar surface area (TPSA) is 50.4 Å². The van der Waals surface area contributed by atoms with Crippen LogP contribution < -0.4 is 11.1 Å². The van der Waals surface area contributed by atoms with Crippen LogP contribution in [0.5, 0.6) is 0 Å². The molecule has 0 atom stereocenters. The smallest absolute Gasteiger partial charge is 0.189 e. The molecule has 4 heteroatoms. The lowest BCUT2D eigenvalue weighted by Crippen LogP contribution is -2.33. The van der Waals surface area contributed by atoms with Gasteiger partial charge in [0.15, 0.2) is 5.96 Å². The van der Waals surface area contributed by atoms with Crippen molar-refractivity contribution >= 4 is 17.3 Å². The fourth-order valence-electron chi connectivity index (χ4n) is 1.24. The molecule has 0 unspecified atom stereocenters. The largest absolute Gasteiger partial charge is 0.370 e. The summed E-state index contributed by atoms with van der Waals surface area (Å²) in [5.41, 5.74) is 6.96. The number of guanidine groups is 1. The molecule has 0 aliphatic heterocycles. The summed E-state index contributed by atoms with van der Waals surface area (Å²) in [4.78, 5) is 5.60. The number of aliphatic imine (C=N–C) groups is 1. The number of nitrogens with two attached hydrogens (primary N) is 1. The predicted molar refractivity (Wildman–Crippen MR) is 60.5 cm³/mol. The number of rotatable bonds is 3. The Hall–Kier alpha value is -1.03. The number of nitrogens with one attached hydrogen (secondary N) is 1. The maximum Gasteiger partial charge on any atom is 0.189 e. The van der Waals surface area contributed by atoms with Crippen LogP contribution in [-0.4, -0.2) is 12.0 Å². The van der Waals surface area contributed by atoms with E-state index in [1.165, 1.54) is 23.3 Å². The molecule has 1 saturated carbocycles. The first-order chi connectivity index (χ1) is 6.74. The van der Waals surface area contributed by atoms with Crippen LogP contribution in [0, 0.1) is 6.92 Å². The van der Waals surface area contributed by atoms with Crippen molar-refractivity contribution in [3.8, 4) is 0 Å². The van der Waals surface area contributed by atoms with E-state index in [4.69, 9.17) is 5.73 Å². The molecule has 0 aromatic carbocycles. The van der Waals surface area contributed by atoms with Crippen LogP contribution in [0.1, 0.15) is 23.3 Å². The summed E-state index contributed by atoms with van der Waals surface area (Å²) >= 11 is 1.75. The van der Waals surface area contributed by atoms with E-state index in [-0.39, 0.29) is 0 Å². The average molecular weight is 209 g/mol. The third kappa shape index (κ3) is 2.73.